The van der Waals surface area contributed by atoms with E-state index in [0.29, 0.717) is 17.7 Å². The summed E-state index contributed by atoms with van der Waals surface area (Å²) in [6, 6.07) is 12.3. The van der Waals surface area contributed by atoms with Gasteiger partial charge in [-0.15, -0.1) is 0 Å². The Labute approximate surface area is 152 Å². The number of sulfone groups is 1. The van der Waals surface area contributed by atoms with Crippen LogP contribution in [0.5, 0.6) is 5.75 Å². The smallest absolute Gasteiger partial charge is 0.258 e. The fourth-order valence-electron chi connectivity index (χ4n) is 3.15. The molecule has 1 unspecified atom stereocenters. The molecule has 0 saturated carbocycles. The molecular formula is C19H20FNO4S. The Morgan fingerprint density at radius 1 is 1.19 bits per heavy atom. The SMILES string of the molecule is COc1ccccc1C(=O)N(Cc1ccc(F)cc1)C1CCS(=O)(=O)C1. The number of carbonyl (C=O) groups is 1. The summed E-state index contributed by atoms with van der Waals surface area (Å²) in [5.74, 6) is -0.220. The zero-order valence-electron chi connectivity index (χ0n) is 14.4. The van der Waals surface area contributed by atoms with Crippen molar-refractivity contribution in [3.8, 4) is 5.75 Å². The number of nitrogens with zero attached hydrogens (tertiary/aromatic N) is 1. The van der Waals surface area contributed by atoms with E-state index in [1.54, 1.807) is 41.3 Å². The van der Waals surface area contributed by atoms with Crippen LogP contribution in [0.25, 0.3) is 0 Å². The highest BCUT2D eigenvalue weighted by Gasteiger charge is 2.35. The third kappa shape index (κ3) is 4.04. The average Bonchev–Trinajstić information content (AvgIpc) is 3.00. The predicted molar refractivity (Wildman–Crippen MR) is 96.3 cm³/mol. The van der Waals surface area contributed by atoms with Crippen LogP contribution in [0.2, 0.25) is 0 Å². The maximum absolute atomic E-state index is 13.2. The molecule has 138 valence electrons. The van der Waals surface area contributed by atoms with Crippen molar-refractivity contribution in [3.63, 3.8) is 0 Å². The Morgan fingerprint density at radius 2 is 1.88 bits per heavy atom. The normalized spacial score (nSPS) is 18.5. The first-order valence-corrected chi connectivity index (χ1v) is 10.1. The summed E-state index contributed by atoms with van der Waals surface area (Å²) < 4.78 is 42.3. The third-order valence-corrected chi connectivity index (χ3v) is 6.26. The van der Waals surface area contributed by atoms with E-state index >= 15 is 0 Å². The number of para-hydroxylation sites is 1. The van der Waals surface area contributed by atoms with Crippen LogP contribution in [0.3, 0.4) is 0 Å². The van der Waals surface area contributed by atoms with Crippen molar-refractivity contribution >= 4 is 15.7 Å². The summed E-state index contributed by atoms with van der Waals surface area (Å²) >= 11 is 0. The molecule has 2 aromatic rings. The predicted octanol–water partition coefficient (Wildman–Crippen LogP) is 2.66. The molecule has 0 spiro atoms. The molecule has 3 rings (SSSR count). The van der Waals surface area contributed by atoms with Gasteiger partial charge in [0.15, 0.2) is 9.84 Å². The fourth-order valence-corrected chi connectivity index (χ4v) is 4.88. The zero-order valence-corrected chi connectivity index (χ0v) is 15.2. The number of halogens is 1. The second-order valence-electron chi connectivity index (χ2n) is 6.32. The van der Waals surface area contributed by atoms with Gasteiger partial charge in [-0.25, -0.2) is 12.8 Å². The molecule has 0 bridgehead atoms. The molecule has 2 aromatic carbocycles. The van der Waals surface area contributed by atoms with E-state index in [4.69, 9.17) is 4.74 Å². The molecule has 0 aliphatic carbocycles. The zero-order chi connectivity index (χ0) is 18.7. The van der Waals surface area contributed by atoms with Gasteiger partial charge < -0.3 is 9.64 Å². The van der Waals surface area contributed by atoms with E-state index in [9.17, 15) is 17.6 Å². The van der Waals surface area contributed by atoms with Gasteiger partial charge in [-0.3, -0.25) is 4.79 Å². The Bertz CT molecular complexity index is 896. The van der Waals surface area contributed by atoms with Crippen molar-refractivity contribution in [2.75, 3.05) is 18.6 Å². The number of rotatable bonds is 5. The van der Waals surface area contributed by atoms with Gasteiger partial charge in [0.25, 0.3) is 5.91 Å². The largest absolute Gasteiger partial charge is 0.496 e. The Morgan fingerprint density at radius 3 is 2.50 bits per heavy atom. The summed E-state index contributed by atoms with van der Waals surface area (Å²) in [5, 5.41) is 0. The van der Waals surface area contributed by atoms with Crippen LogP contribution in [0, 0.1) is 5.82 Å². The molecule has 26 heavy (non-hydrogen) atoms. The lowest BCUT2D eigenvalue weighted by Crippen LogP contribution is -2.40. The van der Waals surface area contributed by atoms with Gasteiger partial charge in [0.2, 0.25) is 0 Å². The van der Waals surface area contributed by atoms with E-state index in [1.165, 1.54) is 19.2 Å². The minimum atomic E-state index is -3.16. The molecule has 0 N–H and O–H groups in total. The maximum atomic E-state index is 13.2. The molecule has 5 nitrogen and oxygen atoms in total. The van der Waals surface area contributed by atoms with Gasteiger partial charge in [0, 0.05) is 12.6 Å². The lowest BCUT2D eigenvalue weighted by atomic mass is 10.1. The van der Waals surface area contributed by atoms with Crippen LogP contribution >= 0.6 is 0 Å². The second-order valence-corrected chi connectivity index (χ2v) is 8.55. The lowest BCUT2D eigenvalue weighted by Gasteiger charge is -2.29. The van der Waals surface area contributed by atoms with Crippen molar-refractivity contribution in [1.82, 2.24) is 4.90 Å². The van der Waals surface area contributed by atoms with Crippen molar-refractivity contribution in [2.24, 2.45) is 0 Å². The minimum Gasteiger partial charge on any atom is -0.496 e. The number of benzene rings is 2. The highest BCUT2D eigenvalue weighted by molar-refractivity contribution is 7.91. The lowest BCUT2D eigenvalue weighted by molar-refractivity contribution is 0.0677. The summed E-state index contributed by atoms with van der Waals surface area (Å²) in [6.45, 7) is 0.206. The molecule has 7 heteroatoms. The number of hydrogen-bond donors (Lipinski definition) is 0. The van der Waals surface area contributed by atoms with E-state index in [-0.39, 0.29) is 29.8 Å². The number of ether oxygens (including phenoxy) is 1. The Kier molecular flexibility index (Phi) is 5.27. The average molecular weight is 377 g/mol. The van der Waals surface area contributed by atoms with E-state index < -0.39 is 15.9 Å². The highest BCUT2D eigenvalue weighted by atomic mass is 32.2. The van der Waals surface area contributed by atoms with Crippen LogP contribution in [-0.2, 0) is 16.4 Å². The number of amides is 1. The molecule has 0 aromatic heterocycles. The highest BCUT2D eigenvalue weighted by Crippen LogP contribution is 2.26. The Hall–Kier alpha value is -2.41. The number of methoxy groups -OCH3 is 1. The summed E-state index contributed by atoms with van der Waals surface area (Å²) in [4.78, 5) is 14.7. The maximum Gasteiger partial charge on any atom is 0.258 e. The van der Waals surface area contributed by atoms with Crippen molar-refractivity contribution in [3.05, 3.63) is 65.5 Å². The molecule has 1 heterocycles. The van der Waals surface area contributed by atoms with Crippen molar-refractivity contribution in [2.45, 2.75) is 19.0 Å². The second kappa shape index (κ2) is 7.45. The van der Waals surface area contributed by atoms with Crippen molar-refractivity contribution < 1.29 is 22.3 Å². The van der Waals surface area contributed by atoms with Gasteiger partial charge in [0.05, 0.1) is 24.2 Å². The number of carbonyl (C=O) groups excluding carboxylic acids is 1. The van der Waals surface area contributed by atoms with Crippen LogP contribution < -0.4 is 4.74 Å². The third-order valence-electron chi connectivity index (χ3n) is 4.51. The molecule has 0 radical (unpaired) electrons. The van der Waals surface area contributed by atoms with Gasteiger partial charge in [-0.05, 0) is 36.2 Å². The van der Waals surface area contributed by atoms with Crippen LogP contribution in [0.1, 0.15) is 22.3 Å². The van der Waals surface area contributed by atoms with Crippen molar-refractivity contribution in [1.29, 1.82) is 0 Å². The standard InChI is InChI=1S/C19H20FNO4S/c1-25-18-5-3-2-4-17(18)19(22)21(16-10-11-26(23,24)13-16)12-14-6-8-15(20)9-7-14/h2-9,16H,10-13H2,1H3. The fraction of sp³-hybridized carbons (Fsp3) is 0.316. The van der Waals surface area contributed by atoms with E-state index in [0.717, 1.165) is 5.56 Å². The van der Waals surface area contributed by atoms with E-state index in [1.807, 2.05) is 0 Å². The molecular weight excluding hydrogens is 357 g/mol. The van der Waals surface area contributed by atoms with E-state index in [2.05, 4.69) is 0 Å². The van der Waals surface area contributed by atoms with Gasteiger partial charge in [-0.2, -0.15) is 0 Å². The first-order valence-electron chi connectivity index (χ1n) is 8.28. The van der Waals surface area contributed by atoms with Crippen LogP contribution in [-0.4, -0.2) is 43.9 Å². The number of hydrogen-bond acceptors (Lipinski definition) is 4. The molecule has 1 aliphatic heterocycles. The van der Waals surface area contributed by atoms with Gasteiger partial charge in [0.1, 0.15) is 11.6 Å². The first-order chi connectivity index (χ1) is 12.4. The monoisotopic (exact) mass is 377 g/mol. The topological polar surface area (TPSA) is 63.7 Å². The Balaban J connectivity index is 1.94. The molecule has 1 amide bonds. The molecule has 1 fully saturated rings. The van der Waals surface area contributed by atoms with Crippen LogP contribution in [0.4, 0.5) is 4.39 Å². The quantitative estimate of drug-likeness (QED) is 0.804. The molecule has 1 aliphatic rings. The molecule has 1 atom stereocenters. The molecule has 1 saturated heterocycles. The first kappa shape index (κ1) is 18.4. The minimum absolute atomic E-state index is 0.0604. The summed E-state index contributed by atoms with van der Waals surface area (Å²) in [7, 11) is -1.67. The summed E-state index contributed by atoms with van der Waals surface area (Å²) in [6.07, 6.45) is 0.393. The summed E-state index contributed by atoms with van der Waals surface area (Å²) in [5.41, 5.74) is 1.11. The van der Waals surface area contributed by atoms with Gasteiger partial charge >= 0.3 is 0 Å². The van der Waals surface area contributed by atoms with Gasteiger partial charge in [-0.1, -0.05) is 24.3 Å². The van der Waals surface area contributed by atoms with Crippen LogP contribution in [0.15, 0.2) is 48.5 Å².